The summed E-state index contributed by atoms with van der Waals surface area (Å²) >= 11 is 1.54. The SMILES string of the molecule is Cc1nc2[nH]cc(C#N)c2c(C)c1-c1ccc(SN2CCC(Nc3ccc(C(F)(F)F)cn3)C(O)C2)cc1. The Kier molecular flexibility index (Phi) is 7.05. The van der Waals surface area contributed by atoms with E-state index in [-0.39, 0.29) is 6.04 Å². The number of halogens is 3. The van der Waals surface area contributed by atoms with Crippen LogP contribution in [0.3, 0.4) is 0 Å². The monoisotopic (exact) mass is 538 g/mol. The topological polar surface area (TPSA) is 101 Å². The van der Waals surface area contributed by atoms with Crippen LogP contribution in [0.5, 0.6) is 0 Å². The number of aliphatic hydroxyl groups excluding tert-OH is 1. The number of piperidine rings is 1. The highest BCUT2D eigenvalue weighted by atomic mass is 32.2. The fourth-order valence-electron chi connectivity index (χ4n) is 4.84. The average molecular weight is 539 g/mol. The molecule has 196 valence electrons. The average Bonchev–Trinajstić information content (AvgIpc) is 3.29. The third-order valence-electron chi connectivity index (χ3n) is 6.72. The van der Waals surface area contributed by atoms with Crippen molar-refractivity contribution >= 4 is 28.8 Å². The van der Waals surface area contributed by atoms with E-state index in [1.54, 1.807) is 18.1 Å². The van der Waals surface area contributed by atoms with Gasteiger partial charge < -0.3 is 15.4 Å². The summed E-state index contributed by atoms with van der Waals surface area (Å²) in [6.45, 7) is 5.04. The van der Waals surface area contributed by atoms with Gasteiger partial charge in [0.15, 0.2) is 0 Å². The van der Waals surface area contributed by atoms with Crippen molar-refractivity contribution in [2.75, 3.05) is 18.4 Å². The lowest BCUT2D eigenvalue weighted by atomic mass is 9.96. The molecule has 0 bridgehead atoms. The Morgan fingerprint density at radius 2 is 1.95 bits per heavy atom. The van der Waals surface area contributed by atoms with Crippen LogP contribution in [-0.4, -0.2) is 49.6 Å². The van der Waals surface area contributed by atoms with E-state index in [0.717, 1.165) is 44.9 Å². The predicted molar refractivity (Wildman–Crippen MR) is 140 cm³/mol. The molecule has 0 radical (unpaired) electrons. The predicted octanol–water partition coefficient (Wildman–Crippen LogP) is 5.69. The zero-order chi connectivity index (χ0) is 27.0. The Morgan fingerprint density at radius 3 is 2.58 bits per heavy atom. The quantitative estimate of drug-likeness (QED) is 0.281. The molecule has 7 nitrogen and oxygen atoms in total. The highest BCUT2D eigenvalue weighted by Crippen LogP contribution is 2.35. The number of anilines is 1. The zero-order valence-electron chi connectivity index (χ0n) is 20.7. The Hall–Kier alpha value is -3.59. The van der Waals surface area contributed by atoms with Gasteiger partial charge in [0.1, 0.15) is 17.5 Å². The van der Waals surface area contributed by atoms with E-state index in [0.29, 0.717) is 36.5 Å². The summed E-state index contributed by atoms with van der Waals surface area (Å²) in [5.74, 6) is 0.304. The standard InChI is InChI=1S/C27H25F3N6OS/c1-15-24(16(2)34-26-25(15)18(11-31)12-33-26)17-3-6-20(7-4-17)38-36-10-9-21(22(37)14-36)35-23-8-5-19(13-32-23)27(28,29)30/h3-8,12-13,21-22,37H,9-10,14H2,1-2H3,(H,32,35)(H,33,34). The molecular formula is C27H25F3N6OS. The summed E-state index contributed by atoms with van der Waals surface area (Å²) in [6.07, 6.45) is -2.06. The first-order chi connectivity index (χ1) is 18.1. The molecule has 4 heterocycles. The van der Waals surface area contributed by atoms with Crippen molar-refractivity contribution in [3.8, 4) is 17.2 Å². The van der Waals surface area contributed by atoms with Gasteiger partial charge in [-0.2, -0.15) is 18.4 Å². The van der Waals surface area contributed by atoms with E-state index in [1.807, 2.05) is 38.1 Å². The first-order valence-corrected chi connectivity index (χ1v) is 12.8. The van der Waals surface area contributed by atoms with Crippen molar-refractivity contribution < 1.29 is 18.3 Å². The maximum Gasteiger partial charge on any atom is 0.417 e. The molecule has 0 aliphatic carbocycles. The number of hydrogen-bond donors (Lipinski definition) is 3. The molecule has 38 heavy (non-hydrogen) atoms. The van der Waals surface area contributed by atoms with Crippen LogP contribution in [0.25, 0.3) is 22.2 Å². The van der Waals surface area contributed by atoms with E-state index in [2.05, 4.69) is 30.6 Å². The first-order valence-electron chi connectivity index (χ1n) is 12.0. The lowest BCUT2D eigenvalue weighted by Gasteiger charge is -2.35. The highest BCUT2D eigenvalue weighted by Gasteiger charge is 2.32. The summed E-state index contributed by atoms with van der Waals surface area (Å²) < 4.78 is 40.3. The molecule has 11 heteroatoms. The molecule has 2 unspecified atom stereocenters. The molecule has 0 saturated carbocycles. The van der Waals surface area contributed by atoms with Gasteiger partial charge in [0.25, 0.3) is 0 Å². The summed E-state index contributed by atoms with van der Waals surface area (Å²) in [5.41, 5.74) is 4.37. The number of hydrogen-bond acceptors (Lipinski definition) is 7. The first kappa shape index (κ1) is 26.0. The van der Waals surface area contributed by atoms with Gasteiger partial charge >= 0.3 is 6.18 Å². The lowest BCUT2D eigenvalue weighted by Crippen LogP contribution is -2.47. The summed E-state index contributed by atoms with van der Waals surface area (Å²) in [5, 5.41) is 24.0. The van der Waals surface area contributed by atoms with E-state index in [9.17, 15) is 23.5 Å². The number of rotatable bonds is 5. The maximum absolute atomic E-state index is 12.8. The number of β-amino-alcohol motifs (C(OH)–C–C–N with tert-alkyl or cyclic N) is 1. The van der Waals surface area contributed by atoms with Crippen LogP contribution in [-0.2, 0) is 6.18 Å². The highest BCUT2D eigenvalue weighted by molar-refractivity contribution is 7.97. The maximum atomic E-state index is 12.8. The van der Waals surface area contributed by atoms with Crippen LogP contribution in [0.2, 0.25) is 0 Å². The van der Waals surface area contributed by atoms with Crippen molar-refractivity contribution in [3.05, 3.63) is 71.2 Å². The number of nitriles is 1. The number of aromatic nitrogens is 3. The van der Waals surface area contributed by atoms with Gasteiger partial charge in [-0.1, -0.05) is 12.1 Å². The molecule has 0 amide bonds. The largest absolute Gasteiger partial charge is 0.417 e. The third-order valence-corrected chi connectivity index (χ3v) is 7.79. The molecule has 2 atom stereocenters. The number of benzene rings is 1. The minimum atomic E-state index is -4.43. The Bertz CT molecular complexity index is 1500. The molecule has 1 aliphatic rings. The minimum absolute atomic E-state index is 0.304. The summed E-state index contributed by atoms with van der Waals surface area (Å²) in [4.78, 5) is 12.6. The van der Waals surface area contributed by atoms with Crippen LogP contribution < -0.4 is 5.32 Å². The Labute approximate surface area is 221 Å². The molecule has 5 rings (SSSR count). The van der Waals surface area contributed by atoms with Gasteiger partial charge in [-0.25, -0.2) is 14.3 Å². The number of pyridine rings is 2. The number of fused-ring (bicyclic) bond motifs is 1. The van der Waals surface area contributed by atoms with Crippen molar-refractivity contribution in [2.24, 2.45) is 0 Å². The van der Waals surface area contributed by atoms with E-state index in [1.165, 1.54) is 6.07 Å². The number of aromatic amines is 1. The van der Waals surface area contributed by atoms with E-state index < -0.39 is 17.8 Å². The Balaban J connectivity index is 1.23. The smallest absolute Gasteiger partial charge is 0.390 e. The van der Waals surface area contributed by atoms with Gasteiger partial charge in [0, 0.05) is 47.0 Å². The number of alkyl halides is 3. The molecular weight excluding hydrogens is 513 g/mol. The third kappa shape index (κ3) is 5.20. The van der Waals surface area contributed by atoms with Gasteiger partial charge in [-0.05, 0) is 67.6 Å². The minimum Gasteiger partial charge on any atom is -0.390 e. The van der Waals surface area contributed by atoms with Crippen LogP contribution >= 0.6 is 11.9 Å². The molecule has 1 fully saturated rings. The molecule has 4 aromatic rings. The normalized spacial score (nSPS) is 18.4. The molecule has 1 saturated heterocycles. The van der Waals surface area contributed by atoms with Gasteiger partial charge in [0.2, 0.25) is 0 Å². The number of nitrogens with zero attached hydrogens (tertiary/aromatic N) is 4. The molecule has 0 spiro atoms. The fourth-order valence-corrected chi connectivity index (χ4v) is 5.82. The van der Waals surface area contributed by atoms with Crippen LogP contribution in [0.4, 0.5) is 19.0 Å². The molecule has 3 aromatic heterocycles. The van der Waals surface area contributed by atoms with E-state index >= 15 is 0 Å². The summed E-state index contributed by atoms with van der Waals surface area (Å²) in [7, 11) is 0. The second-order valence-corrected chi connectivity index (χ2v) is 10.4. The van der Waals surface area contributed by atoms with Gasteiger partial charge in [-0.15, -0.1) is 0 Å². The second kappa shape index (κ2) is 10.3. The van der Waals surface area contributed by atoms with Gasteiger partial charge in [0.05, 0.1) is 23.3 Å². The van der Waals surface area contributed by atoms with Crippen molar-refractivity contribution in [1.29, 1.82) is 5.26 Å². The number of aliphatic hydroxyl groups is 1. The van der Waals surface area contributed by atoms with Crippen LogP contribution in [0, 0.1) is 25.2 Å². The molecule has 1 aliphatic heterocycles. The molecule has 1 aromatic carbocycles. The Morgan fingerprint density at radius 1 is 1.18 bits per heavy atom. The zero-order valence-corrected chi connectivity index (χ0v) is 21.5. The van der Waals surface area contributed by atoms with Gasteiger partial charge in [-0.3, -0.25) is 0 Å². The second-order valence-electron chi connectivity index (χ2n) is 9.28. The van der Waals surface area contributed by atoms with Crippen molar-refractivity contribution in [2.45, 2.75) is 43.5 Å². The summed E-state index contributed by atoms with van der Waals surface area (Å²) in [6, 6.07) is 12.3. The lowest BCUT2D eigenvalue weighted by molar-refractivity contribution is -0.137. The number of nitrogens with one attached hydrogen (secondary N) is 2. The number of H-pyrrole nitrogens is 1. The van der Waals surface area contributed by atoms with Crippen LogP contribution in [0.1, 0.15) is 28.8 Å². The van der Waals surface area contributed by atoms with Crippen molar-refractivity contribution in [1.82, 2.24) is 19.3 Å². The van der Waals surface area contributed by atoms with E-state index in [4.69, 9.17) is 0 Å². The van der Waals surface area contributed by atoms with Crippen LogP contribution in [0.15, 0.2) is 53.7 Å². The number of aryl methyl sites for hydroxylation is 2. The fraction of sp³-hybridized carbons (Fsp3) is 0.296. The molecule has 3 N–H and O–H groups in total. The van der Waals surface area contributed by atoms with Crippen molar-refractivity contribution in [3.63, 3.8) is 0 Å².